The highest BCUT2D eigenvalue weighted by atomic mass is 32.1. The molecule has 0 bridgehead atoms. The standard InChI is InChI=1S/C14H24N2O2S/c1-5-6-7-8-16(11(2)3)14-15-12(10-19-14)9-13(17)18-4/h10-11H,5-9H2,1-4H3. The van der Waals surface area contributed by atoms with Crippen molar-refractivity contribution in [2.24, 2.45) is 0 Å². The number of anilines is 1. The average Bonchev–Trinajstić information content (AvgIpc) is 2.82. The van der Waals surface area contributed by atoms with Crippen molar-refractivity contribution in [3.8, 4) is 0 Å². The van der Waals surface area contributed by atoms with Crippen LogP contribution in [0.15, 0.2) is 5.38 Å². The number of hydrogen-bond acceptors (Lipinski definition) is 5. The topological polar surface area (TPSA) is 42.4 Å². The van der Waals surface area contributed by atoms with Crippen LogP contribution in [-0.2, 0) is 16.0 Å². The van der Waals surface area contributed by atoms with Gasteiger partial charge in [-0.2, -0.15) is 0 Å². The van der Waals surface area contributed by atoms with Crippen molar-refractivity contribution in [1.82, 2.24) is 4.98 Å². The second-order valence-corrected chi connectivity index (χ2v) is 5.71. The van der Waals surface area contributed by atoms with Crippen molar-refractivity contribution in [2.45, 2.75) is 52.5 Å². The SMILES string of the molecule is CCCCCN(c1nc(CC(=O)OC)cs1)C(C)C. The maximum atomic E-state index is 11.2. The van der Waals surface area contributed by atoms with E-state index in [-0.39, 0.29) is 12.4 Å². The second-order valence-electron chi connectivity index (χ2n) is 4.87. The summed E-state index contributed by atoms with van der Waals surface area (Å²) in [5.41, 5.74) is 0.799. The van der Waals surface area contributed by atoms with Crippen LogP contribution < -0.4 is 4.90 Å². The maximum absolute atomic E-state index is 11.2. The molecule has 4 nitrogen and oxygen atoms in total. The molecule has 0 N–H and O–H groups in total. The molecule has 0 saturated carbocycles. The molecule has 0 saturated heterocycles. The molecule has 0 aliphatic carbocycles. The molecule has 19 heavy (non-hydrogen) atoms. The van der Waals surface area contributed by atoms with Crippen molar-refractivity contribution >= 4 is 22.4 Å². The third kappa shape index (κ3) is 5.19. The first kappa shape index (κ1) is 16.0. The van der Waals surface area contributed by atoms with Gasteiger partial charge in [-0.25, -0.2) is 4.98 Å². The summed E-state index contributed by atoms with van der Waals surface area (Å²) in [7, 11) is 1.40. The molecule has 1 heterocycles. The van der Waals surface area contributed by atoms with Gasteiger partial charge in [0.15, 0.2) is 5.13 Å². The largest absolute Gasteiger partial charge is 0.469 e. The summed E-state index contributed by atoms with van der Waals surface area (Å²) >= 11 is 1.60. The van der Waals surface area contributed by atoms with Crippen LogP contribution in [0.25, 0.3) is 0 Å². The lowest BCUT2D eigenvalue weighted by Crippen LogP contribution is -2.31. The third-order valence-corrected chi connectivity index (χ3v) is 3.89. The summed E-state index contributed by atoms with van der Waals surface area (Å²) in [6.45, 7) is 7.58. The van der Waals surface area contributed by atoms with Crippen molar-refractivity contribution in [3.05, 3.63) is 11.1 Å². The van der Waals surface area contributed by atoms with Crippen molar-refractivity contribution < 1.29 is 9.53 Å². The number of carbonyl (C=O) groups excluding carboxylic acids is 1. The van der Waals surface area contributed by atoms with E-state index in [9.17, 15) is 4.79 Å². The molecule has 0 fully saturated rings. The molecule has 1 rings (SSSR count). The number of hydrogen-bond donors (Lipinski definition) is 0. The molecule has 0 atom stereocenters. The fourth-order valence-corrected chi connectivity index (χ4v) is 2.82. The molecule has 0 radical (unpaired) electrons. The van der Waals surface area contributed by atoms with Gasteiger partial charge in [-0.05, 0) is 20.3 Å². The Labute approximate surface area is 119 Å². The lowest BCUT2D eigenvalue weighted by Gasteiger charge is -2.26. The Balaban J connectivity index is 2.66. The highest BCUT2D eigenvalue weighted by molar-refractivity contribution is 7.13. The van der Waals surface area contributed by atoms with E-state index in [1.165, 1.54) is 26.4 Å². The normalized spacial score (nSPS) is 10.8. The number of rotatable bonds is 8. The first-order chi connectivity index (χ1) is 9.08. The van der Waals surface area contributed by atoms with Gasteiger partial charge in [0.1, 0.15) is 0 Å². The molecule has 0 amide bonds. The Morgan fingerprint density at radius 3 is 2.79 bits per heavy atom. The van der Waals surface area contributed by atoms with Gasteiger partial charge in [-0.15, -0.1) is 11.3 Å². The second kappa shape index (κ2) is 8.15. The molecule has 0 aromatic carbocycles. The van der Waals surface area contributed by atoms with E-state index in [1.54, 1.807) is 11.3 Å². The predicted molar refractivity (Wildman–Crippen MR) is 79.8 cm³/mol. The molecule has 1 aromatic rings. The molecular weight excluding hydrogens is 260 g/mol. The summed E-state index contributed by atoms with van der Waals surface area (Å²) < 4.78 is 4.66. The summed E-state index contributed by atoms with van der Waals surface area (Å²) in [6.07, 6.45) is 3.90. The number of methoxy groups -OCH3 is 1. The Morgan fingerprint density at radius 2 is 2.21 bits per heavy atom. The Kier molecular flexibility index (Phi) is 6.84. The van der Waals surface area contributed by atoms with E-state index in [4.69, 9.17) is 0 Å². The third-order valence-electron chi connectivity index (χ3n) is 2.96. The molecular formula is C14H24N2O2S. The number of ether oxygens (including phenoxy) is 1. The fourth-order valence-electron chi connectivity index (χ4n) is 1.84. The van der Waals surface area contributed by atoms with Crippen LogP contribution in [-0.4, -0.2) is 30.6 Å². The average molecular weight is 284 g/mol. The minimum absolute atomic E-state index is 0.237. The highest BCUT2D eigenvalue weighted by Crippen LogP contribution is 2.23. The van der Waals surface area contributed by atoms with Crippen LogP contribution in [0.3, 0.4) is 0 Å². The Bertz CT molecular complexity index is 391. The van der Waals surface area contributed by atoms with E-state index in [1.807, 2.05) is 5.38 Å². The van der Waals surface area contributed by atoms with Crippen molar-refractivity contribution in [3.63, 3.8) is 0 Å². The van der Waals surface area contributed by atoms with Crippen LogP contribution in [0.5, 0.6) is 0 Å². The number of nitrogens with zero attached hydrogens (tertiary/aromatic N) is 2. The first-order valence-corrected chi connectivity index (χ1v) is 7.74. The van der Waals surface area contributed by atoms with Crippen molar-refractivity contribution in [2.75, 3.05) is 18.6 Å². The van der Waals surface area contributed by atoms with Gasteiger partial charge in [-0.1, -0.05) is 19.8 Å². The van der Waals surface area contributed by atoms with Gasteiger partial charge in [0.2, 0.25) is 0 Å². The number of carbonyl (C=O) groups is 1. The van der Waals surface area contributed by atoms with Gasteiger partial charge in [0.05, 0.1) is 19.2 Å². The maximum Gasteiger partial charge on any atom is 0.311 e. The van der Waals surface area contributed by atoms with E-state index in [0.29, 0.717) is 6.04 Å². The smallest absolute Gasteiger partial charge is 0.311 e. The minimum atomic E-state index is -0.237. The van der Waals surface area contributed by atoms with E-state index >= 15 is 0 Å². The van der Waals surface area contributed by atoms with Crippen LogP contribution in [0, 0.1) is 0 Å². The minimum Gasteiger partial charge on any atom is -0.469 e. The molecule has 0 spiro atoms. The van der Waals surface area contributed by atoms with E-state index in [0.717, 1.165) is 17.4 Å². The summed E-state index contributed by atoms with van der Waals surface area (Å²) in [5, 5.41) is 2.95. The lowest BCUT2D eigenvalue weighted by molar-refractivity contribution is -0.139. The number of thiazole rings is 1. The quantitative estimate of drug-likeness (QED) is 0.543. The number of esters is 1. The summed E-state index contributed by atoms with van der Waals surface area (Å²) in [4.78, 5) is 18.1. The van der Waals surface area contributed by atoms with Gasteiger partial charge < -0.3 is 9.64 Å². The Morgan fingerprint density at radius 1 is 1.47 bits per heavy atom. The van der Waals surface area contributed by atoms with Gasteiger partial charge in [-0.3, -0.25) is 4.79 Å². The van der Waals surface area contributed by atoms with Crippen LogP contribution >= 0.6 is 11.3 Å². The zero-order valence-corrected chi connectivity index (χ0v) is 13.1. The Hall–Kier alpha value is -1.10. The highest BCUT2D eigenvalue weighted by Gasteiger charge is 2.15. The molecule has 0 unspecified atom stereocenters. The summed E-state index contributed by atoms with van der Waals surface area (Å²) in [6, 6.07) is 0.425. The van der Waals surface area contributed by atoms with E-state index in [2.05, 4.69) is 35.4 Å². The van der Waals surface area contributed by atoms with E-state index < -0.39 is 0 Å². The van der Waals surface area contributed by atoms with Gasteiger partial charge >= 0.3 is 5.97 Å². The van der Waals surface area contributed by atoms with Crippen LogP contribution in [0.2, 0.25) is 0 Å². The molecule has 108 valence electrons. The van der Waals surface area contributed by atoms with Crippen molar-refractivity contribution in [1.29, 1.82) is 0 Å². The zero-order chi connectivity index (χ0) is 14.3. The van der Waals surface area contributed by atoms with Crippen LogP contribution in [0.1, 0.15) is 45.7 Å². The molecule has 1 aromatic heterocycles. The summed E-state index contributed by atoms with van der Waals surface area (Å²) in [5.74, 6) is -0.237. The molecule has 0 aliphatic heterocycles. The lowest BCUT2D eigenvalue weighted by atomic mass is 10.2. The number of unbranched alkanes of at least 4 members (excludes halogenated alkanes) is 2. The first-order valence-electron chi connectivity index (χ1n) is 6.86. The van der Waals surface area contributed by atoms with Crippen LogP contribution in [0.4, 0.5) is 5.13 Å². The zero-order valence-electron chi connectivity index (χ0n) is 12.3. The fraction of sp³-hybridized carbons (Fsp3) is 0.714. The molecule has 5 heteroatoms. The van der Waals surface area contributed by atoms with Gasteiger partial charge in [0, 0.05) is 18.0 Å². The molecule has 0 aliphatic rings. The monoisotopic (exact) mass is 284 g/mol. The number of aromatic nitrogens is 1. The van der Waals surface area contributed by atoms with Gasteiger partial charge in [0.25, 0.3) is 0 Å². The predicted octanol–water partition coefficient (Wildman–Crippen LogP) is 3.26.